The fourth-order valence-electron chi connectivity index (χ4n) is 3.79. The fraction of sp³-hybridized carbons (Fsp3) is 0.529. The zero-order valence-electron chi connectivity index (χ0n) is 13.3. The van der Waals surface area contributed by atoms with Crippen LogP contribution in [0.3, 0.4) is 0 Å². The molecule has 1 aromatic carbocycles. The van der Waals surface area contributed by atoms with E-state index < -0.39 is 0 Å². The molecule has 1 aromatic heterocycles. The molecule has 1 saturated heterocycles. The number of nitrogens with zero attached hydrogens (tertiary/aromatic N) is 2. The van der Waals surface area contributed by atoms with Gasteiger partial charge in [0.25, 0.3) is 5.69 Å². The first kappa shape index (κ1) is 15.4. The smallest absolute Gasteiger partial charge is 0.278 e. The van der Waals surface area contributed by atoms with Gasteiger partial charge in [0.15, 0.2) is 0 Å². The van der Waals surface area contributed by atoms with Crippen LogP contribution in [-0.4, -0.2) is 28.5 Å². The largest absolute Gasteiger partial charge is 0.298 e. The average Bonchev–Trinajstić information content (AvgIpc) is 2.90. The van der Waals surface area contributed by atoms with E-state index >= 15 is 0 Å². The van der Waals surface area contributed by atoms with E-state index in [0.29, 0.717) is 18.0 Å². The summed E-state index contributed by atoms with van der Waals surface area (Å²) in [6.07, 6.45) is 2.16. The quantitative estimate of drug-likeness (QED) is 0.604. The van der Waals surface area contributed by atoms with Crippen molar-refractivity contribution >= 4 is 27.1 Å². The van der Waals surface area contributed by atoms with E-state index in [2.05, 4.69) is 31.1 Å². The van der Waals surface area contributed by atoms with Crippen LogP contribution in [-0.2, 0) is 0 Å². The zero-order valence-corrected chi connectivity index (χ0v) is 14.1. The Hall–Kier alpha value is -1.46. The summed E-state index contributed by atoms with van der Waals surface area (Å²) < 4.78 is 1.03. The molecule has 2 heterocycles. The molecule has 4 nitrogen and oxygen atoms in total. The zero-order chi connectivity index (χ0) is 15.9. The summed E-state index contributed by atoms with van der Waals surface area (Å²) in [5.41, 5.74) is 1.44. The van der Waals surface area contributed by atoms with Gasteiger partial charge < -0.3 is 0 Å². The Morgan fingerprint density at radius 1 is 1.41 bits per heavy atom. The van der Waals surface area contributed by atoms with E-state index in [1.807, 2.05) is 6.07 Å². The molecule has 1 fully saturated rings. The lowest BCUT2D eigenvalue weighted by Crippen LogP contribution is -2.44. The number of nitro groups is 1. The third-order valence-electron chi connectivity index (χ3n) is 4.83. The van der Waals surface area contributed by atoms with Crippen LogP contribution in [0, 0.1) is 10.1 Å². The maximum absolute atomic E-state index is 11.4. The SMILES string of the molecule is CC(C)N1CCC(c2csc3cccc([N+](=O)[O-])c23)CC1C. The van der Waals surface area contributed by atoms with Gasteiger partial charge in [0, 0.05) is 22.8 Å². The second-order valence-corrected chi connectivity index (χ2v) is 7.41. The molecule has 0 spiro atoms. The number of hydrogen-bond donors (Lipinski definition) is 0. The van der Waals surface area contributed by atoms with Crippen LogP contribution in [0.2, 0.25) is 0 Å². The molecule has 0 radical (unpaired) electrons. The number of hydrogen-bond acceptors (Lipinski definition) is 4. The van der Waals surface area contributed by atoms with Crippen LogP contribution in [0.25, 0.3) is 10.1 Å². The third kappa shape index (κ3) is 2.63. The maximum Gasteiger partial charge on any atom is 0.278 e. The lowest BCUT2D eigenvalue weighted by Gasteiger charge is -2.40. The van der Waals surface area contributed by atoms with E-state index in [4.69, 9.17) is 0 Å². The van der Waals surface area contributed by atoms with Gasteiger partial charge in [0.2, 0.25) is 0 Å². The predicted octanol–water partition coefficient (Wildman–Crippen LogP) is 4.79. The van der Waals surface area contributed by atoms with Crippen molar-refractivity contribution in [3.05, 3.63) is 39.3 Å². The van der Waals surface area contributed by atoms with E-state index in [0.717, 1.165) is 29.5 Å². The Bertz CT molecular complexity index is 695. The van der Waals surface area contributed by atoms with Gasteiger partial charge in [0.05, 0.1) is 10.3 Å². The molecule has 1 aliphatic heterocycles. The van der Waals surface area contributed by atoms with Crippen LogP contribution in [0.1, 0.15) is 45.1 Å². The number of benzene rings is 1. The molecule has 3 rings (SSSR count). The first-order valence-electron chi connectivity index (χ1n) is 7.89. The minimum atomic E-state index is -0.245. The highest BCUT2D eigenvalue weighted by atomic mass is 32.1. The van der Waals surface area contributed by atoms with Crippen molar-refractivity contribution in [1.29, 1.82) is 0 Å². The molecule has 0 bridgehead atoms. The molecular weight excluding hydrogens is 296 g/mol. The Morgan fingerprint density at radius 2 is 2.18 bits per heavy atom. The Labute approximate surface area is 134 Å². The van der Waals surface area contributed by atoms with Crippen molar-refractivity contribution in [2.75, 3.05) is 6.54 Å². The Kier molecular flexibility index (Phi) is 4.19. The highest BCUT2D eigenvalue weighted by molar-refractivity contribution is 7.17. The number of rotatable bonds is 3. The molecular formula is C17H22N2O2S. The molecule has 22 heavy (non-hydrogen) atoms. The van der Waals surface area contributed by atoms with Gasteiger partial charge in [-0.1, -0.05) is 6.07 Å². The predicted molar refractivity (Wildman–Crippen MR) is 91.8 cm³/mol. The normalized spacial score (nSPS) is 23.3. The standard InChI is InChI=1S/C17H22N2O2S/c1-11(2)18-8-7-13(9-12(18)3)14-10-22-16-6-4-5-15(17(14)16)19(20)21/h4-6,10-13H,7-9H2,1-3H3. The van der Waals surface area contributed by atoms with Crippen LogP contribution in [0.5, 0.6) is 0 Å². The summed E-state index contributed by atoms with van der Waals surface area (Å²) in [5.74, 6) is 0.430. The minimum Gasteiger partial charge on any atom is -0.298 e. The van der Waals surface area contributed by atoms with Gasteiger partial charge in [-0.05, 0) is 63.1 Å². The summed E-state index contributed by atoms with van der Waals surface area (Å²) in [4.78, 5) is 13.6. The van der Waals surface area contributed by atoms with Crippen LogP contribution in [0.4, 0.5) is 5.69 Å². The summed E-state index contributed by atoms with van der Waals surface area (Å²) in [6, 6.07) is 6.49. The number of likely N-dealkylation sites (tertiary alicyclic amines) is 1. The monoisotopic (exact) mass is 318 g/mol. The highest BCUT2D eigenvalue weighted by Crippen LogP contribution is 2.42. The van der Waals surface area contributed by atoms with Crippen LogP contribution in [0.15, 0.2) is 23.6 Å². The highest BCUT2D eigenvalue weighted by Gasteiger charge is 2.30. The van der Waals surface area contributed by atoms with Gasteiger partial charge in [0.1, 0.15) is 0 Å². The van der Waals surface area contributed by atoms with E-state index in [1.165, 1.54) is 5.56 Å². The molecule has 2 atom stereocenters. The average molecular weight is 318 g/mol. The van der Waals surface area contributed by atoms with Crippen molar-refractivity contribution in [2.45, 2.75) is 51.6 Å². The summed E-state index contributed by atoms with van der Waals surface area (Å²) in [7, 11) is 0. The molecule has 0 N–H and O–H groups in total. The number of nitro benzene ring substituents is 1. The van der Waals surface area contributed by atoms with Gasteiger partial charge in [-0.3, -0.25) is 15.0 Å². The molecule has 2 aromatic rings. The summed E-state index contributed by atoms with van der Waals surface area (Å²) >= 11 is 1.63. The van der Waals surface area contributed by atoms with Gasteiger partial charge in [-0.25, -0.2) is 0 Å². The molecule has 0 aliphatic carbocycles. The van der Waals surface area contributed by atoms with Crippen molar-refractivity contribution in [2.24, 2.45) is 0 Å². The molecule has 118 valence electrons. The Balaban J connectivity index is 1.96. The molecule has 5 heteroatoms. The molecule has 0 saturated carbocycles. The second kappa shape index (κ2) is 5.97. The Morgan fingerprint density at radius 3 is 2.82 bits per heavy atom. The first-order valence-corrected chi connectivity index (χ1v) is 8.77. The van der Waals surface area contributed by atoms with Crippen LogP contribution >= 0.6 is 11.3 Å². The van der Waals surface area contributed by atoms with E-state index in [9.17, 15) is 10.1 Å². The van der Waals surface area contributed by atoms with Crippen molar-refractivity contribution in [1.82, 2.24) is 4.90 Å². The summed E-state index contributed by atoms with van der Waals surface area (Å²) in [5, 5.41) is 14.4. The maximum atomic E-state index is 11.4. The number of non-ortho nitro benzene ring substituents is 1. The molecule has 2 unspecified atom stereocenters. The van der Waals surface area contributed by atoms with Gasteiger partial charge >= 0.3 is 0 Å². The van der Waals surface area contributed by atoms with E-state index in [-0.39, 0.29) is 10.6 Å². The van der Waals surface area contributed by atoms with Crippen molar-refractivity contribution in [3.8, 4) is 0 Å². The minimum absolute atomic E-state index is 0.245. The second-order valence-electron chi connectivity index (χ2n) is 6.50. The topological polar surface area (TPSA) is 46.4 Å². The number of piperidine rings is 1. The lowest BCUT2D eigenvalue weighted by atomic mass is 9.85. The van der Waals surface area contributed by atoms with E-state index in [1.54, 1.807) is 23.5 Å². The first-order chi connectivity index (χ1) is 10.5. The molecule has 0 amide bonds. The summed E-state index contributed by atoms with van der Waals surface area (Å²) in [6.45, 7) is 7.82. The lowest BCUT2D eigenvalue weighted by molar-refractivity contribution is -0.383. The number of thiophene rings is 1. The fourth-order valence-corrected chi connectivity index (χ4v) is 4.85. The van der Waals surface area contributed by atoms with Crippen molar-refractivity contribution < 1.29 is 4.92 Å². The third-order valence-corrected chi connectivity index (χ3v) is 5.80. The van der Waals surface area contributed by atoms with Crippen LogP contribution < -0.4 is 0 Å². The number of fused-ring (bicyclic) bond motifs is 1. The van der Waals surface area contributed by atoms with Gasteiger partial charge in [-0.15, -0.1) is 11.3 Å². The van der Waals surface area contributed by atoms with Crippen molar-refractivity contribution in [3.63, 3.8) is 0 Å². The van der Waals surface area contributed by atoms with Gasteiger partial charge in [-0.2, -0.15) is 0 Å². The molecule has 1 aliphatic rings.